The van der Waals surface area contributed by atoms with Gasteiger partial charge in [0.05, 0.1) is 6.61 Å². The summed E-state index contributed by atoms with van der Waals surface area (Å²) in [6.07, 6.45) is 49.7. The van der Waals surface area contributed by atoms with E-state index in [1.165, 1.54) is 135 Å². The average molecular weight is 1050 g/mol. The molecule has 73 heavy (non-hydrogen) atoms. The van der Waals surface area contributed by atoms with Crippen LogP contribution in [0.15, 0.2) is 72.9 Å². The van der Waals surface area contributed by atoms with Crippen LogP contribution in [0.25, 0.3) is 0 Å². The molecule has 0 spiro atoms. The topological polar surface area (TPSA) is 210 Å². The molecule has 422 valence electrons. The van der Waals surface area contributed by atoms with Crippen LogP contribution >= 0.6 is 7.82 Å². The fourth-order valence-electron chi connectivity index (χ4n) is 8.42. The van der Waals surface area contributed by atoms with Crippen LogP contribution in [0, 0.1) is 0 Å². The second-order valence-corrected chi connectivity index (χ2v) is 21.2. The molecule has 0 amide bonds. The van der Waals surface area contributed by atoms with Crippen molar-refractivity contribution in [2.45, 2.75) is 275 Å². The minimum atomic E-state index is -5.15. The smallest absolute Gasteiger partial charge is 0.462 e. The number of hydrogen-bond acceptors (Lipinski definition) is 12. The fourth-order valence-corrected chi connectivity index (χ4v) is 9.39. The standard InChI is InChI=1S/C59H103O13P/c1-3-5-7-9-11-13-15-17-19-21-23-25-26-28-30-32-34-36-38-40-42-44-46-48-53(61)71-51(50-70-73(67,68)72-59-57(65)55(63)54(62)56(64)58(59)66)49-69-52(60)47-45-43-41-39-37-35-33-31-29-27-24-22-20-18-16-14-12-10-8-6-4-2/h20,22,27,29,32-35,39-42,51,54-59,62-66H,3-19,21,23-26,28,30-31,36-38,43-50H2,1-2H3,(H,67,68)/b22-20+,29-27+,34-32+,35-33+,41-39+,42-40+/t51-,54?,55-,56?,57?,58?,59?/m1/s1. The molecule has 0 bridgehead atoms. The molecule has 1 fully saturated rings. The Bertz CT molecular complexity index is 1540. The van der Waals surface area contributed by atoms with E-state index in [4.69, 9.17) is 18.5 Å². The molecule has 6 unspecified atom stereocenters. The van der Waals surface area contributed by atoms with Gasteiger partial charge >= 0.3 is 19.8 Å². The number of ether oxygens (including phenoxy) is 2. The number of phosphoric ester groups is 1. The molecule has 1 aliphatic carbocycles. The molecule has 13 nitrogen and oxygen atoms in total. The van der Waals surface area contributed by atoms with E-state index in [-0.39, 0.29) is 12.8 Å². The molecule has 8 atom stereocenters. The Morgan fingerprint density at radius 2 is 0.753 bits per heavy atom. The van der Waals surface area contributed by atoms with E-state index < -0.39 is 75.7 Å². The Hall–Kier alpha value is -2.71. The number of aliphatic hydroxyl groups is 5. The van der Waals surface area contributed by atoms with Gasteiger partial charge in [-0.15, -0.1) is 0 Å². The van der Waals surface area contributed by atoms with E-state index in [9.17, 15) is 44.6 Å². The Balaban J connectivity index is 2.42. The maximum Gasteiger partial charge on any atom is 0.472 e. The van der Waals surface area contributed by atoms with Crippen molar-refractivity contribution in [3.8, 4) is 0 Å². The van der Waals surface area contributed by atoms with Gasteiger partial charge in [-0.25, -0.2) is 4.57 Å². The van der Waals surface area contributed by atoms with Crippen LogP contribution in [0.4, 0.5) is 0 Å². The molecule has 1 rings (SSSR count). The predicted octanol–water partition coefficient (Wildman–Crippen LogP) is 13.4. The van der Waals surface area contributed by atoms with E-state index in [0.717, 1.165) is 44.9 Å². The average Bonchev–Trinajstić information content (AvgIpc) is 3.37. The van der Waals surface area contributed by atoms with Crippen molar-refractivity contribution in [2.24, 2.45) is 0 Å². The van der Waals surface area contributed by atoms with Crippen LogP contribution in [0.5, 0.6) is 0 Å². The van der Waals surface area contributed by atoms with E-state index in [1.807, 2.05) is 18.2 Å². The molecule has 0 radical (unpaired) electrons. The second-order valence-electron chi connectivity index (χ2n) is 19.8. The summed E-state index contributed by atoms with van der Waals surface area (Å²) in [5.74, 6) is -1.21. The lowest BCUT2D eigenvalue weighted by atomic mass is 9.85. The maximum absolute atomic E-state index is 12.9. The van der Waals surface area contributed by atoms with Crippen LogP contribution < -0.4 is 0 Å². The summed E-state index contributed by atoms with van der Waals surface area (Å²) in [6.45, 7) is 3.26. The van der Waals surface area contributed by atoms with Crippen molar-refractivity contribution in [2.75, 3.05) is 13.2 Å². The first-order valence-corrected chi connectivity index (χ1v) is 30.2. The number of carbonyl (C=O) groups excluding carboxylic acids is 2. The number of aliphatic hydroxyl groups excluding tert-OH is 5. The number of esters is 2. The first-order chi connectivity index (χ1) is 35.4. The molecule has 0 aromatic carbocycles. The highest BCUT2D eigenvalue weighted by atomic mass is 31.2. The normalized spacial score (nSPS) is 20.9. The number of allylic oxidation sites excluding steroid dienone is 12. The van der Waals surface area contributed by atoms with Crippen LogP contribution in [0.1, 0.15) is 232 Å². The summed E-state index contributed by atoms with van der Waals surface area (Å²) < 4.78 is 33.6. The van der Waals surface area contributed by atoms with Crippen molar-refractivity contribution >= 4 is 19.8 Å². The lowest BCUT2D eigenvalue weighted by molar-refractivity contribution is -0.220. The molecule has 1 aliphatic rings. The summed E-state index contributed by atoms with van der Waals surface area (Å²) in [4.78, 5) is 35.9. The third-order valence-electron chi connectivity index (χ3n) is 13.0. The summed E-state index contributed by atoms with van der Waals surface area (Å²) in [6, 6.07) is 0. The Labute approximate surface area is 442 Å². The lowest BCUT2D eigenvalue weighted by Crippen LogP contribution is -2.64. The molecule has 0 aromatic heterocycles. The highest BCUT2D eigenvalue weighted by Gasteiger charge is 2.51. The highest BCUT2D eigenvalue weighted by molar-refractivity contribution is 7.47. The molecule has 0 aliphatic heterocycles. The zero-order valence-corrected chi connectivity index (χ0v) is 46.3. The van der Waals surface area contributed by atoms with Gasteiger partial charge in [-0.1, -0.05) is 209 Å². The van der Waals surface area contributed by atoms with Gasteiger partial charge < -0.3 is 39.9 Å². The van der Waals surface area contributed by atoms with Gasteiger partial charge in [0.2, 0.25) is 0 Å². The zero-order valence-electron chi connectivity index (χ0n) is 45.4. The molecule has 6 N–H and O–H groups in total. The van der Waals surface area contributed by atoms with Crippen molar-refractivity contribution in [1.29, 1.82) is 0 Å². The molecule has 0 aromatic rings. The number of phosphoric acid groups is 1. The monoisotopic (exact) mass is 1050 g/mol. The first kappa shape index (κ1) is 68.3. The van der Waals surface area contributed by atoms with E-state index >= 15 is 0 Å². The molecule has 1 saturated carbocycles. The van der Waals surface area contributed by atoms with E-state index in [0.29, 0.717) is 25.7 Å². The quantitative estimate of drug-likeness (QED) is 0.0145. The third-order valence-corrected chi connectivity index (χ3v) is 14.0. The predicted molar refractivity (Wildman–Crippen MR) is 295 cm³/mol. The summed E-state index contributed by atoms with van der Waals surface area (Å²) >= 11 is 0. The van der Waals surface area contributed by atoms with Gasteiger partial charge in [0, 0.05) is 12.8 Å². The van der Waals surface area contributed by atoms with Crippen molar-refractivity contribution in [3.05, 3.63) is 72.9 Å². The van der Waals surface area contributed by atoms with Crippen molar-refractivity contribution in [3.63, 3.8) is 0 Å². The van der Waals surface area contributed by atoms with Crippen LogP contribution in [-0.2, 0) is 32.7 Å². The fraction of sp³-hybridized carbons (Fsp3) is 0.763. The summed E-state index contributed by atoms with van der Waals surface area (Å²) in [5, 5.41) is 50.4. The Kier molecular flexibility index (Phi) is 44.6. The number of rotatable bonds is 48. The number of carbonyl (C=O) groups is 2. The van der Waals surface area contributed by atoms with Gasteiger partial charge in [0.1, 0.15) is 43.2 Å². The zero-order chi connectivity index (χ0) is 53.5. The molecule has 0 saturated heterocycles. The van der Waals surface area contributed by atoms with E-state index in [1.54, 1.807) is 0 Å². The Morgan fingerprint density at radius 1 is 0.425 bits per heavy atom. The summed E-state index contributed by atoms with van der Waals surface area (Å²) in [5.41, 5.74) is 0. The van der Waals surface area contributed by atoms with Gasteiger partial charge in [-0.2, -0.15) is 0 Å². The minimum Gasteiger partial charge on any atom is -0.462 e. The van der Waals surface area contributed by atoms with Crippen molar-refractivity contribution < 1.29 is 63.1 Å². The summed E-state index contributed by atoms with van der Waals surface area (Å²) in [7, 11) is -5.15. The van der Waals surface area contributed by atoms with Gasteiger partial charge in [0.25, 0.3) is 0 Å². The van der Waals surface area contributed by atoms with Crippen LogP contribution in [-0.4, -0.2) is 98.3 Å². The minimum absolute atomic E-state index is 0.0228. The molecule has 14 heteroatoms. The van der Waals surface area contributed by atoms with Gasteiger partial charge in [-0.05, 0) is 83.5 Å². The van der Waals surface area contributed by atoms with Gasteiger partial charge in [0.15, 0.2) is 6.10 Å². The van der Waals surface area contributed by atoms with E-state index in [2.05, 4.69) is 68.5 Å². The van der Waals surface area contributed by atoms with Crippen LogP contribution in [0.3, 0.4) is 0 Å². The molecular formula is C59H103O13P. The number of unbranched alkanes of at least 4 members (excludes halogenated alkanes) is 24. The largest absolute Gasteiger partial charge is 0.472 e. The molecular weight excluding hydrogens is 948 g/mol. The van der Waals surface area contributed by atoms with Crippen LogP contribution in [0.2, 0.25) is 0 Å². The second kappa shape index (κ2) is 47.7. The number of hydrogen-bond donors (Lipinski definition) is 6. The highest BCUT2D eigenvalue weighted by Crippen LogP contribution is 2.47. The maximum atomic E-state index is 12.9. The van der Waals surface area contributed by atoms with Crippen molar-refractivity contribution in [1.82, 2.24) is 0 Å². The first-order valence-electron chi connectivity index (χ1n) is 28.7. The SMILES string of the molecule is CCCCCCCCC/C=C/C/C=C/C/C=C/C/C=C/CCCC(=O)OC[C@H](COP(=O)(O)OC1C(O)C(O)C(O)[C@@H](O)C1O)OC(=O)CCC/C=C/CC/C=C/CCCCCCCCCCCCCCCC. The lowest BCUT2D eigenvalue weighted by Gasteiger charge is -2.41. The third kappa shape index (κ3) is 39.4. The van der Waals surface area contributed by atoms with Gasteiger partial charge in [-0.3, -0.25) is 18.6 Å². The Morgan fingerprint density at radius 3 is 1.18 bits per heavy atom. The molecule has 0 heterocycles.